The van der Waals surface area contributed by atoms with Crippen LogP contribution in [-0.2, 0) is 21.4 Å². The van der Waals surface area contributed by atoms with E-state index in [-0.39, 0.29) is 18.9 Å². The lowest BCUT2D eigenvalue weighted by atomic mass is 10.2. The summed E-state index contributed by atoms with van der Waals surface area (Å²) in [6.45, 7) is 1.70. The molecule has 0 aliphatic heterocycles. The number of hydrogen-bond acceptors (Lipinski definition) is 6. The van der Waals surface area contributed by atoms with Crippen LogP contribution in [0.2, 0.25) is 5.02 Å². The molecule has 0 radical (unpaired) electrons. The van der Waals surface area contributed by atoms with Gasteiger partial charge in [0.1, 0.15) is 6.04 Å². The van der Waals surface area contributed by atoms with Gasteiger partial charge >= 0.3 is 0 Å². The van der Waals surface area contributed by atoms with E-state index < -0.39 is 22.0 Å². The third-order valence-electron chi connectivity index (χ3n) is 4.34. The minimum atomic E-state index is -3.69. The second kappa shape index (κ2) is 9.27. The van der Waals surface area contributed by atoms with Crippen molar-refractivity contribution >= 4 is 33.2 Å². The Labute approximate surface area is 179 Å². The maximum absolute atomic E-state index is 12.8. The Morgan fingerprint density at radius 3 is 2.47 bits per heavy atom. The van der Waals surface area contributed by atoms with E-state index in [4.69, 9.17) is 16.1 Å². The summed E-state index contributed by atoms with van der Waals surface area (Å²) in [6.07, 6.45) is 1.35. The van der Waals surface area contributed by atoms with E-state index >= 15 is 0 Å². The fourth-order valence-electron chi connectivity index (χ4n) is 2.99. The van der Waals surface area contributed by atoms with Gasteiger partial charge in [-0.15, -0.1) is 0 Å². The summed E-state index contributed by atoms with van der Waals surface area (Å²) in [7, 11) is -3.69. The van der Waals surface area contributed by atoms with Crippen LogP contribution in [0, 0.1) is 0 Å². The van der Waals surface area contributed by atoms with E-state index in [1.807, 2.05) is 0 Å². The maximum Gasteiger partial charge on any atom is 0.246 e. The van der Waals surface area contributed by atoms with Crippen molar-refractivity contribution in [1.82, 2.24) is 15.5 Å². The number of rotatable bonds is 8. The van der Waals surface area contributed by atoms with Crippen molar-refractivity contribution in [3.63, 3.8) is 0 Å². The Morgan fingerprint density at radius 1 is 1.17 bits per heavy atom. The number of hydrogen-bond donors (Lipinski definition) is 1. The van der Waals surface area contributed by atoms with E-state index in [0.29, 0.717) is 22.1 Å². The van der Waals surface area contributed by atoms with Gasteiger partial charge in [-0.1, -0.05) is 54.0 Å². The monoisotopic (exact) mass is 448 g/mol. The first-order valence-corrected chi connectivity index (χ1v) is 11.4. The highest BCUT2D eigenvalue weighted by Gasteiger charge is 2.31. The van der Waals surface area contributed by atoms with Crippen molar-refractivity contribution in [2.75, 3.05) is 10.6 Å². The molecule has 1 amide bonds. The van der Waals surface area contributed by atoms with Gasteiger partial charge in [-0.2, -0.15) is 4.98 Å². The minimum Gasteiger partial charge on any atom is -0.345 e. The Hall–Kier alpha value is -2.91. The van der Waals surface area contributed by atoms with Crippen LogP contribution in [0.4, 0.5) is 5.69 Å². The summed E-state index contributed by atoms with van der Waals surface area (Å²) in [5.74, 6) is 0.0157. The van der Waals surface area contributed by atoms with Crippen LogP contribution < -0.4 is 9.62 Å². The highest BCUT2D eigenvalue weighted by atomic mass is 35.5. The van der Waals surface area contributed by atoms with E-state index in [0.717, 1.165) is 10.6 Å². The third-order valence-corrected chi connectivity index (χ3v) is 5.85. The van der Waals surface area contributed by atoms with Crippen molar-refractivity contribution in [2.45, 2.75) is 25.9 Å². The average Bonchev–Trinajstić information content (AvgIpc) is 3.19. The number of carbonyl (C=O) groups is 1. The van der Waals surface area contributed by atoms with Crippen LogP contribution in [0.5, 0.6) is 0 Å². The van der Waals surface area contributed by atoms with E-state index in [1.165, 1.54) is 0 Å². The molecule has 158 valence electrons. The summed E-state index contributed by atoms with van der Waals surface area (Å²) >= 11 is 6.14. The summed E-state index contributed by atoms with van der Waals surface area (Å²) in [6, 6.07) is 14.6. The van der Waals surface area contributed by atoms with Crippen LogP contribution in [0.15, 0.2) is 59.1 Å². The zero-order valence-corrected chi connectivity index (χ0v) is 18.0. The third kappa shape index (κ3) is 4.98. The highest BCUT2D eigenvalue weighted by Crippen LogP contribution is 2.25. The molecule has 0 aliphatic rings. The molecule has 0 fully saturated rings. The molecule has 3 aromatic rings. The number of anilines is 1. The highest BCUT2D eigenvalue weighted by molar-refractivity contribution is 7.92. The molecule has 30 heavy (non-hydrogen) atoms. The molecule has 1 N–H and O–H groups in total. The average molecular weight is 449 g/mol. The summed E-state index contributed by atoms with van der Waals surface area (Å²) in [5.41, 5.74) is 1.03. The molecule has 0 spiro atoms. The number of para-hydroxylation sites is 1. The number of carbonyl (C=O) groups excluding carboxylic acids is 1. The van der Waals surface area contributed by atoms with Crippen molar-refractivity contribution in [1.29, 1.82) is 0 Å². The molecule has 0 unspecified atom stereocenters. The normalized spacial score (nSPS) is 12.4. The Balaban J connectivity index is 1.75. The van der Waals surface area contributed by atoms with Gasteiger partial charge in [0.2, 0.25) is 27.6 Å². The Bertz CT molecular complexity index is 1120. The lowest BCUT2D eigenvalue weighted by molar-refractivity contribution is -0.122. The topological polar surface area (TPSA) is 105 Å². The van der Waals surface area contributed by atoms with Gasteiger partial charge in [-0.05, 0) is 30.7 Å². The van der Waals surface area contributed by atoms with Gasteiger partial charge < -0.3 is 9.84 Å². The van der Waals surface area contributed by atoms with Gasteiger partial charge in [-0.25, -0.2) is 8.42 Å². The number of aromatic nitrogens is 2. The van der Waals surface area contributed by atoms with Gasteiger partial charge in [0.05, 0.1) is 23.5 Å². The van der Waals surface area contributed by atoms with Crippen LogP contribution in [-0.4, -0.2) is 36.8 Å². The van der Waals surface area contributed by atoms with E-state index in [1.54, 1.807) is 61.5 Å². The fourth-order valence-corrected chi connectivity index (χ4v) is 4.43. The molecule has 0 saturated heterocycles. The molecule has 1 heterocycles. The van der Waals surface area contributed by atoms with Crippen molar-refractivity contribution in [2.24, 2.45) is 0 Å². The maximum atomic E-state index is 12.8. The lowest BCUT2D eigenvalue weighted by Crippen LogP contribution is -2.49. The molecule has 8 nitrogen and oxygen atoms in total. The number of nitrogens with one attached hydrogen (secondary N) is 1. The molecule has 0 aliphatic carbocycles. The number of halogens is 1. The molecule has 1 aromatic heterocycles. The number of sulfonamides is 1. The quantitative estimate of drug-likeness (QED) is 0.567. The van der Waals surface area contributed by atoms with Crippen LogP contribution in [0.3, 0.4) is 0 Å². The first-order valence-electron chi connectivity index (χ1n) is 9.21. The Morgan fingerprint density at radius 2 is 1.83 bits per heavy atom. The standard InChI is InChI=1S/C20H21ClN4O4S/c1-3-17(25(30(2,27)28)14-9-5-4-6-10-14)20(26)22-13-18-23-19(24-29-18)15-11-7-8-12-16(15)21/h4-12,17H,3,13H2,1-2H3,(H,22,26)/t17-/m0/s1. The van der Waals surface area contributed by atoms with Crippen LogP contribution in [0.25, 0.3) is 11.4 Å². The number of benzene rings is 2. The largest absolute Gasteiger partial charge is 0.345 e. The molecule has 10 heteroatoms. The molecular formula is C20H21ClN4O4S. The summed E-state index contributed by atoms with van der Waals surface area (Å²) in [4.78, 5) is 17.1. The lowest BCUT2D eigenvalue weighted by Gasteiger charge is -2.29. The Kier molecular flexibility index (Phi) is 6.73. The van der Waals surface area contributed by atoms with Gasteiger partial charge in [0, 0.05) is 5.56 Å². The molecule has 3 rings (SSSR count). The second-order valence-corrected chi connectivity index (χ2v) is 8.79. The van der Waals surface area contributed by atoms with Crippen molar-refractivity contribution in [3.05, 3.63) is 65.5 Å². The minimum absolute atomic E-state index is 0.0425. The van der Waals surface area contributed by atoms with E-state index in [9.17, 15) is 13.2 Å². The zero-order chi connectivity index (χ0) is 21.7. The first kappa shape index (κ1) is 21.8. The SMILES string of the molecule is CC[C@@H](C(=O)NCc1nc(-c2ccccc2Cl)no1)N(c1ccccc1)S(C)(=O)=O. The summed E-state index contributed by atoms with van der Waals surface area (Å²) in [5, 5.41) is 7.04. The fraction of sp³-hybridized carbons (Fsp3) is 0.250. The molecule has 0 bridgehead atoms. The molecule has 0 saturated carbocycles. The van der Waals surface area contributed by atoms with Crippen molar-refractivity contribution in [3.8, 4) is 11.4 Å². The smallest absolute Gasteiger partial charge is 0.246 e. The predicted molar refractivity (Wildman–Crippen MR) is 114 cm³/mol. The predicted octanol–water partition coefficient (Wildman–Crippen LogP) is 3.25. The van der Waals surface area contributed by atoms with Gasteiger partial charge in [0.15, 0.2) is 0 Å². The summed E-state index contributed by atoms with van der Waals surface area (Å²) < 4.78 is 31.1. The number of amides is 1. The van der Waals surface area contributed by atoms with E-state index in [2.05, 4.69) is 15.5 Å². The van der Waals surface area contributed by atoms with Gasteiger partial charge in [0.25, 0.3) is 0 Å². The van der Waals surface area contributed by atoms with Crippen LogP contribution >= 0.6 is 11.6 Å². The number of nitrogens with zero attached hydrogens (tertiary/aromatic N) is 3. The first-order chi connectivity index (χ1) is 14.3. The molecule has 1 atom stereocenters. The second-order valence-electron chi connectivity index (χ2n) is 6.53. The molecule has 2 aromatic carbocycles. The van der Waals surface area contributed by atoms with Crippen LogP contribution in [0.1, 0.15) is 19.2 Å². The van der Waals surface area contributed by atoms with Gasteiger partial charge in [-0.3, -0.25) is 9.10 Å². The molecular weight excluding hydrogens is 428 g/mol. The van der Waals surface area contributed by atoms with Crippen molar-refractivity contribution < 1.29 is 17.7 Å². The zero-order valence-electron chi connectivity index (χ0n) is 16.4.